The van der Waals surface area contributed by atoms with Crippen molar-refractivity contribution in [3.8, 4) is 0 Å². The zero-order valence-electron chi connectivity index (χ0n) is 11.8. The quantitative estimate of drug-likeness (QED) is 0.817. The number of carbonyl (C=O) groups is 2. The molecule has 0 fully saturated rings. The average Bonchev–Trinajstić information content (AvgIpc) is 2.45. The Labute approximate surface area is 113 Å². The molecule has 1 amide bonds. The van der Waals surface area contributed by atoms with Crippen molar-refractivity contribution in [3.63, 3.8) is 0 Å². The minimum absolute atomic E-state index is 0.0790. The second kappa shape index (κ2) is 6.78. The Morgan fingerprint density at radius 1 is 1.37 bits per heavy atom. The second-order valence-corrected chi connectivity index (χ2v) is 4.19. The number of carbonyl (C=O) groups excluding carboxylic acids is 2. The van der Waals surface area contributed by atoms with Gasteiger partial charge in [-0.25, -0.2) is 4.79 Å². The summed E-state index contributed by atoms with van der Waals surface area (Å²) in [6.45, 7) is 4.24. The van der Waals surface area contributed by atoms with Crippen molar-refractivity contribution in [1.29, 1.82) is 0 Å². The monoisotopic (exact) mass is 264 g/mol. The maximum atomic E-state index is 11.8. The van der Waals surface area contributed by atoms with Gasteiger partial charge in [0.1, 0.15) is 6.04 Å². The maximum Gasteiger partial charge on any atom is 0.339 e. The van der Waals surface area contributed by atoms with Crippen molar-refractivity contribution in [1.82, 2.24) is 5.32 Å². The van der Waals surface area contributed by atoms with E-state index in [1.807, 2.05) is 13.0 Å². The third-order valence-electron chi connectivity index (χ3n) is 3.00. The molecule has 5 nitrogen and oxygen atoms in total. The molecule has 1 rings (SSSR count). The summed E-state index contributed by atoms with van der Waals surface area (Å²) in [7, 11) is 3.12. The lowest BCUT2D eigenvalue weighted by molar-refractivity contribution is -0.121. The van der Waals surface area contributed by atoms with Gasteiger partial charge in [0.15, 0.2) is 0 Å². The molecule has 0 bridgehead atoms. The molecule has 5 heteroatoms. The lowest BCUT2D eigenvalue weighted by Gasteiger charge is -2.27. The molecule has 1 unspecified atom stereocenters. The molecular formula is C14H20N2O3. The minimum Gasteiger partial charge on any atom is -0.465 e. The van der Waals surface area contributed by atoms with E-state index in [9.17, 15) is 9.59 Å². The highest BCUT2D eigenvalue weighted by Gasteiger charge is 2.22. The normalized spacial score (nSPS) is 11.6. The van der Waals surface area contributed by atoms with E-state index in [1.54, 1.807) is 37.1 Å². The molecule has 0 spiro atoms. The van der Waals surface area contributed by atoms with Crippen molar-refractivity contribution in [2.24, 2.45) is 0 Å². The summed E-state index contributed by atoms with van der Waals surface area (Å²) in [6.07, 6.45) is 0. The lowest BCUT2D eigenvalue weighted by Crippen LogP contribution is -2.43. The van der Waals surface area contributed by atoms with Crippen molar-refractivity contribution in [2.45, 2.75) is 19.9 Å². The third kappa shape index (κ3) is 3.47. The van der Waals surface area contributed by atoms with E-state index in [-0.39, 0.29) is 11.9 Å². The number of esters is 1. The molecule has 1 atom stereocenters. The molecule has 1 N–H and O–H groups in total. The van der Waals surface area contributed by atoms with E-state index >= 15 is 0 Å². The number of rotatable bonds is 5. The van der Waals surface area contributed by atoms with Crippen molar-refractivity contribution < 1.29 is 14.3 Å². The van der Waals surface area contributed by atoms with Crippen LogP contribution in [0.1, 0.15) is 24.2 Å². The Balaban J connectivity index is 3.02. The molecule has 0 saturated carbocycles. The fourth-order valence-electron chi connectivity index (χ4n) is 1.77. The molecule has 0 saturated heterocycles. The van der Waals surface area contributed by atoms with Crippen LogP contribution in [0.25, 0.3) is 0 Å². The highest BCUT2D eigenvalue weighted by Crippen LogP contribution is 2.21. The van der Waals surface area contributed by atoms with E-state index in [1.165, 1.54) is 7.11 Å². The number of anilines is 1. The number of hydrogen-bond donors (Lipinski definition) is 1. The van der Waals surface area contributed by atoms with Gasteiger partial charge in [0, 0.05) is 13.6 Å². The first-order valence-electron chi connectivity index (χ1n) is 6.20. The van der Waals surface area contributed by atoms with E-state index in [2.05, 4.69) is 5.32 Å². The molecule has 1 aromatic carbocycles. The molecule has 19 heavy (non-hydrogen) atoms. The average molecular weight is 264 g/mol. The molecule has 0 aliphatic rings. The van der Waals surface area contributed by atoms with Gasteiger partial charge in [-0.05, 0) is 26.0 Å². The van der Waals surface area contributed by atoms with Crippen LogP contribution in [0.3, 0.4) is 0 Å². The molecule has 104 valence electrons. The van der Waals surface area contributed by atoms with Gasteiger partial charge < -0.3 is 15.0 Å². The van der Waals surface area contributed by atoms with Gasteiger partial charge in [-0.15, -0.1) is 0 Å². The standard InChI is InChI=1S/C14H20N2O3/c1-5-15-13(17)10(2)16(3)12-9-7-6-8-11(12)14(18)19-4/h6-10H,5H2,1-4H3,(H,15,17). The summed E-state index contributed by atoms with van der Waals surface area (Å²) in [4.78, 5) is 25.3. The van der Waals surface area contributed by atoms with E-state index in [0.717, 1.165) is 0 Å². The zero-order chi connectivity index (χ0) is 14.4. The number of amides is 1. The van der Waals surface area contributed by atoms with E-state index < -0.39 is 5.97 Å². The number of methoxy groups -OCH3 is 1. The highest BCUT2D eigenvalue weighted by atomic mass is 16.5. The molecule has 0 radical (unpaired) electrons. The van der Waals surface area contributed by atoms with Gasteiger partial charge in [-0.2, -0.15) is 0 Å². The van der Waals surface area contributed by atoms with Crippen molar-refractivity contribution >= 4 is 17.6 Å². The largest absolute Gasteiger partial charge is 0.465 e. The van der Waals surface area contributed by atoms with Gasteiger partial charge in [0.25, 0.3) is 0 Å². The van der Waals surface area contributed by atoms with E-state index in [4.69, 9.17) is 4.74 Å². The van der Waals surface area contributed by atoms with Crippen LogP contribution in [0.5, 0.6) is 0 Å². The fourth-order valence-corrected chi connectivity index (χ4v) is 1.77. The summed E-state index contributed by atoms with van der Waals surface area (Å²) in [5.74, 6) is -0.491. The second-order valence-electron chi connectivity index (χ2n) is 4.19. The van der Waals surface area contributed by atoms with Crippen LogP contribution in [-0.2, 0) is 9.53 Å². The van der Waals surface area contributed by atoms with Crippen molar-refractivity contribution in [3.05, 3.63) is 29.8 Å². The Bertz CT molecular complexity index is 460. The van der Waals surface area contributed by atoms with Crippen LogP contribution in [0.15, 0.2) is 24.3 Å². The Kier molecular flexibility index (Phi) is 5.36. The number of para-hydroxylation sites is 1. The lowest BCUT2D eigenvalue weighted by atomic mass is 10.1. The minimum atomic E-state index is -0.412. The predicted octanol–water partition coefficient (Wildman–Crippen LogP) is 1.43. The maximum absolute atomic E-state index is 11.8. The summed E-state index contributed by atoms with van der Waals surface area (Å²) in [5, 5.41) is 2.76. The fraction of sp³-hybridized carbons (Fsp3) is 0.429. The molecule has 0 aliphatic carbocycles. The molecule has 1 aromatic rings. The first kappa shape index (κ1) is 15.0. The highest BCUT2D eigenvalue weighted by molar-refractivity contribution is 5.97. The van der Waals surface area contributed by atoms with Crippen LogP contribution in [0.2, 0.25) is 0 Å². The summed E-state index contributed by atoms with van der Waals surface area (Å²) in [5.41, 5.74) is 1.12. The van der Waals surface area contributed by atoms with Crippen LogP contribution in [0, 0.1) is 0 Å². The molecule has 0 heterocycles. The van der Waals surface area contributed by atoms with Crippen LogP contribution < -0.4 is 10.2 Å². The van der Waals surface area contributed by atoms with Crippen molar-refractivity contribution in [2.75, 3.05) is 25.6 Å². The molecular weight excluding hydrogens is 244 g/mol. The smallest absolute Gasteiger partial charge is 0.339 e. The zero-order valence-corrected chi connectivity index (χ0v) is 11.8. The topological polar surface area (TPSA) is 58.6 Å². The Morgan fingerprint density at radius 2 is 2.00 bits per heavy atom. The van der Waals surface area contributed by atoms with E-state index in [0.29, 0.717) is 17.8 Å². The first-order chi connectivity index (χ1) is 9.02. The van der Waals surface area contributed by atoms with Gasteiger partial charge in [-0.3, -0.25) is 4.79 Å². The Morgan fingerprint density at radius 3 is 2.58 bits per heavy atom. The number of nitrogens with one attached hydrogen (secondary N) is 1. The molecule has 0 aromatic heterocycles. The van der Waals surface area contributed by atoms with Crippen LogP contribution in [-0.4, -0.2) is 38.6 Å². The van der Waals surface area contributed by atoms with Gasteiger partial charge >= 0.3 is 5.97 Å². The first-order valence-corrected chi connectivity index (χ1v) is 6.20. The van der Waals surface area contributed by atoms with Gasteiger partial charge in [0.2, 0.25) is 5.91 Å². The SMILES string of the molecule is CCNC(=O)C(C)N(C)c1ccccc1C(=O)OC. The number of benzene rings is 1. The summed E-state index contributed by atoms with van der Waals surface area (Å²) in [6, 6.07) is 6.69. The third-order valence-corrected chi connectivity index (χ3v) is 3.00. The van der Waals surface area contributed by atoms with Gasteiger partial charge in [-0.1, -0.05) is 12.1 Å². The predicted molar refractivity (Wildman–Crippen MR) is 74.3 cm³/mol. The number of nitrogens with zero attached hydrogens (tertiary/aromatic N) is 1. The number of ether oxygens (including phenoxy) is 1. The summed E-state index contributed by atoms with van der Waals surface area (Å²) >= 11 is 0. The number of likely N-dealkylation sites (N-methyl/N-ethyl adjacent to an activating group) is 2. The Hall–Kier alpha value is -2.04. The molecule has 0 aliphatic heterocycles. The number of hydrogen-bond acceptors (Lipinski definition) is 4. The van der Waals surface area contributed by atoms with Gasteiger partial charge in [0.05, 0.1) is 18.4 Å². The van der Waals surface area contributed by atoms with Crippen LogP contribution in [0.4, 0.5) is 5.69 Å². The summed E-state index contributed by atoms with van der Waals surface area (Å²) < 4.78 is 4.75. The van der Waals surface area contributed by atoms with Crippen LogP contribution >= 0.6 is 0 Å².